The minimum Gasteiger partial charge on any atom is -0.481 e. The number of aromatic amines is 1. The first kappa shape index (κ1) is 16.5. The van der Waals surface area contributed by atoms with Crippen LogP contribution in [-0.2, 0) is 13.1 Å². The van der Waals surface area contributed by atoms with Crippen molar-refractivity contribution in [3.8, 4) is 5.88 Å². The Morgan fingerprint density at radius 2 is 2.00 bits per heavy atom. The number of rotatable bonds is 6. The number of carbonyl (C=O) groups is 1. The first-order valence-electron chi connectivity index (χ1n) is 7.83. The lowest BCUT2D eigenvalue weighted by Crippen LogP contribution is -2.34. The minimum absolute atomic E-state index is 0.217. The van der Waals surface area contributed by atoms with E-state index in [9.17, 15) is 4.79 Å². The third-order valence-electron chi connectivity index (χ3n) is 3.62. The van der Waals surface area contributed by atoms with Gasteiger partial charge in [-0.05, 0) is 17.7 Å². The van der Waals surface area contributed by atoms with Crippen LogP contribution in [-0.4, -0.2) is 33.2 Å². The van der Waals surface area contributed by atoms with E-state index in [-0.39, 0.29) is 6.03 Å². The molecule has 2 heterocycles. The molecule has 3 rings (SSSR count). The Hall–Kier alpha value is -3.35. The van der Waals surface area contributed by atoms with Crippen LogP contribution in [0.4, 0.5) is 10.5 Å². The van der Waals surface area contributed by atoms with E-state index in [2.05, 4.69) is 20.5 Å². The predicted octanol–water partition coefficient (Wildman–Crippen LogP) is 3.05. The molecule has 0 radical (unpaired) electrons. The van der Waals surface area contributed by atoms with Crippen molar-refractivity contribution in [3.05, 3.63) is 72.2 Å². The Morgan fingerprint density at radius 1 is 1.16 bits per heavy atom. The number of amides is 2. The average Bonchev–Trinajstić information content (AvgIpc) is 3.16. The number of urea groups is 1. The maximum atomic E-state index is 12.7. The fourth-order valence-electron chi connectivity index (χ4n) is 2.36. The van der Waals surface area contributed by atoms with Crippen molar-refractivity contribution < 1.29 is 9.53 Å². The van der Waals surface area contributed by atoms with Crippen LogP contribution in [0, 0.1) is 0 Å². The van der Waals surface area contributed by atoms with E-state index in [4.69, 9.17) is 4.74 Å². The van der Waals surface area contributed by atoms with E-state index in [1.165, 1.54) is 0 Å². The minimum atomic E-state index is -0.217. The van der Waals surface area contributed by atoms with E-state index in [1.807, 2.05) is 36.4 Å². The van der Waals surface area contributed by atoms with Gasteiger partial charge >= 0.3 is 6.03 Å². The van der Waals surface area contributed by atoms with Gasteiger partial charge in [0.15, 0.2) is 0 Å². The molecule has 0 unspecified atom stereocenters. The quantitative estimate of drug-likeness (QED) is 0.724. The summed E-state index contributed by atoms with van der Waals surface area (Å²) in [5.41, 5.74) is 2.51. The molecule has 7 nitrogen and oxygen atoms in total. The number of pyridine rings is 1. The highest BCUT2D eigenvalue weighted by atomic mass is 16.5. The summed E-state index contributed by atoms with van der Waals surface area (Å²) in [4.78, 5) is 18.5. The number of methoxy groups -OCH3 is 1. The Morgan fingerprint density at radius 3 is 2.64 bits per heavy atom. The second-order valence-corrected chi connectivity index (χ2v) is 5.44. The molecule has 2 N–H and O–H groups in total. The van der Waals surface area contributed by atoms with Gasteiger partial charge in [-0.2, -0.15) is 5.10 Å². The zero-order chi connectivity index (χ0) is 17.5. The first-order valence-corrected chi connectivity index (χ1v) is 7.83. The van der Waals surface area contributed by atoms with E-state index < -0.39 is 0 Å². The molecule has 0 aliphatic rings. The number of hydrogen-bond acceptors (Lipinski definition) is 4. The summed E-state index contributed by atoms with van der Waals surface area (Å²) in [6.45, 7) is 0.902. The third-order valence-corrected chi connectivity index (χ3v) is 3.62. The van der Waals surface area contributed by atoms with Gasteiger partial charge in [-0.1, -0.05) is 30.3 Å². The van der Waals surface area contributed by atoms with Crippen LogP contribution in [0.25, 0.3) is 0 Å². The summed E-state index contributed by atoms with van der Waals surface area (Å²) < 4.78 is 5.03. The summed E-state index contributed by atoms with van der Waals surface area (Å²) in [7, 11) is 1.55. The van der Waals surface area contributed by atoms with Gasteiger partial charge in [-0.3, -0.25) is 5.10 Å². The fourth-order valence-corrected chi connectivity index (χ4v) is 2.36. The summed E-state index contributed by atoms with van der Waals surface area (Å²) in [5, 5.41) is 9.68. The molecule has 2 amide bonds. The van der Waals surface area contributed by atoms with Crippen LogP contribution in [0.5, 0.6) is 5.88 Å². The van der Waals surface area contributed by atoms with Crippen LogP contribution >= 0.6 is 0 Å². The molecule has 0 spiro atoms. The molecule has 1 aromatic carbocycles. The smallest absolute Gasteiger partial charge is 0.322 e. The molecule has 0 atom stereocenters. The normalized spacial score (nSPS) is 10.3. The molecule has 0 aliphatic heterocycles. The first-order chi connectivity index (χ1) is 12.2. The number of hydrogen-bond donors (Lipinski definition) is 2. The maximum Gasteiger partial charge on any atom is 0.322 e. The molecule has 0 saturated carbocycles. The van der Waals surface area contributed by atoms with Crippen molar-refractivity contribution in [2.75, 3.05) is 12.4 Å². The number of nitrogens with one attached hydrogen (secondary N) is 2. The molecular weight excluding hydrogens is 318 g/mol. The zero-order valence-electron chi connectivity index (χ0n) is 13.8. The maximum absolute atomic E-state index is 12.7. The molecule has 0 aliphatic carbocycles. The van der Waals surface area contributed by atoms with Gasteiger partial charge in [-0.25, -0.2) is 9.78 Å². The van der Waals surface area contributed by atoms with E-state index in [0.717, 1.165) is 11.3 Å². The van der Waals surface area contributed by atoms with Crippen molar-refractivity contribution in [1.29, 1.82) is 0 Å². The van der Waals surface area contributed by atoms with E-state index >= 15 is 0 Å². The molecule has 0 fully saturated rings. The second-order valence-electron chi connectivity index (χ2n) is 5.44. The number of anilines is 1. The lowest BCUT2D eigenvalue weighted by Gasteiger charge is -2.22. The monoisotopic (exact) mass is 337 g/mol. The fraction of sp³-hybridized carbons (Fsp3) is 0.167. The van der Waals surface area contributed by atoms with Gasteiger partial charge in [0, 0.05) is 18.8 Å². The van der Waals surface area contributed by atoms with Gasteiger partial charge < -0.3 is 15.0 Å². The number of benzene rings is 1. The van der Waals surface area contributed by atoms with Crippen molar-refractivity contribution >= 4 is 11.7 Å². The van der Waals surface area contributed by atoms with Gasteiger partial charge in [0.05, 0.1) is 31.2 Å². The number of aromatic nitrogens is 3. The van der Waals surface area contributed by atoms with Crippen LogP contribution in [0.3, 0.4) is 0 Å². The number of nitrogens with zero attached hydrogens (tertiary/aromatic N) is 3. The molecule has 128 valence electrons. The van der Waals surface area contributed by atoms with Crippen LogP contribution in [0.2, 0.25) is 0 Å². The molecule has 7 heteroatoms. The highest BCUT2D eigenvalue weighted by Gasteiger charge is 2.16. The molecular formula is C18H19N5O2. The van der Waals surface area contributed by atoms with Crippen LogP contribution in [0.15, 0.2) is 60.9 Å². The average molecular weight is 337 g/mol. The SMILES string of the molecule is COc1ccc(NC(=O)N(Cc2ccccc2)Cc2ccn[nH]2)cn1. The van der Waals surface area contributed by atoms with Gasteiger partial charge in [0.2, 0.25) is 5.88 Å². The second kappa shape index (κ2) is 7.96. The lowest BCUT2D eigenvalue weighted by molar-refractivity contribution is 0.205. The lowest BCUT2D eigenvalue weighted by atomic mass is 10.2. The summed E-state index contributed by atoms with van der Waals surface area (Å²) in [5.74, 6) is 0.497. The Labute approximate surface area is 145 Å². The third kappa shape index (κ3) is 4.57. The van der Waals surface area contributed by atoms with Gasteiger partial charge in [0.1, 0.15) is 0 Å². The topological polar surface area (TPSA) is 83.1 Å². The highest BCUT2D eigenvalue weighted by molar-refractivity contribution is 5.89. The molecule has 3 aromatic rings. The summed E-state index contributed by atoms with van der Waals surface area (Å²) in [6, 6.07) is 14.9. The van der Waals surface area contributed by atoms with Crippen molar-refractivity contribution in [2.45, 2.75) is 13.1 Å². The Bertz CT molecular complexity index is 788. The van der Waals surface area contributed by atoms with Gasteiger partial charge in [0.25, 0.3) is 0 Å². The summed E-state index contributed by atoms with van der Waals surface area (Å²) >= 11 is 0. The largest absolute Gasteiger partial charge is 0.481 e. The number of H-pyrrole nitrogens is 1. The standard InChI is InChI=1S/C18H19N5O2/c1-25-17-8-7-15(11-19-17)21-18(24)23(13-16-9-10-20-22-16)12-14-5-3-2-4-6-14/h2-11H,12-13H2,1H3,(H,20,22)(H,21,24). The Balaban J connectivity index is 1.73. The zero-order valence-corrected chi connectivity index (χ0v) is 13.8. The van der Waals surface area contributed by atoms with E-state index in [0.29, 0.717) is 24.7 Å². The van der Waals surface area contributed by atoms with Crippen molar-refractivity contribution in [1.82, 2.24) is 20.1 Å². The molecule has 0 saturated heterocycles. The summed E-state index contributed by atoms with van der Waals surface area (Å²) in [6.07, 6.45) is 3.23. The van der Waals surface area contributed by atoms with Crippen LogP contribution in [0.1, 0.15) is 11.3 Å². The molecule has 0 bridgehead atoms. The van der Waals surface area contributed by atoms with Crippen molar-refractivity contribution in [3.63, 3.8) is 0 Å². The number of ether oxygens (including phenoxy) is 1. The predicted molar refractivity (Wildman–Crippen MR) is 94.1 cm³/mol. The highest BCUT2D eigenvalue weighted by Crippen LogP contribution is 2.14. The molecule has 2 aromatic heterocycles. The van der Waals surface area contributed by atoms with E-state index in [1.54, 1.807) is 36.5 Å². The molecule has 25 heavy (non-hydrogen) atoms. The van der Waals surface area contributed by atoms with Gasteiger partial charge in [-0.15, -0.1) is 0 Å². The van der Waals surface area contributed by atoms with Crippen molar-refractivity contribution in [2.24, 2.45) is 0 Å². The Kier molecular flexibility index (Phi) is 5.26. The number of carbonyl (C=O) groups excluding carboxylic acids is 1. The van der Waals surface area contributed by atoms with Crippen LogP contribution < -0.4 is 10.1 Å².